The molecule has 4 aromatic rings. The first-order chi connectivity index (χ1) is 17.1. The van der Waals surface area contributed by atoms with Gasteiger partial charge in [0, 0.05) is 30.2 Å². The molecule has 1 aliphatic rings. The fourth-order valence-electron chi connectivity index (χ4n) is 4.28. The monoisotopic (exact) mass is 486 g/mol. The number of amides is 1. The highest BCUT2D eigenvalue weighted by Crippen LogP contribution is 2.40. The van der Waals surface area contributed by atoms with Gasteiger partial charge in [-0.2, -0.15) is 10.2 Å². The number of carbonyl (C=O) groups excluding carboxylic acids is 1. The van der Waals surface area contributed by atoms with Crippen molar-refractivity contribution in [1.29, 1.82) is 0 Å². The van der Waals surface area contributed by atoms with E-state index in [0.29, 0.717) is 24.3 Å². The molecule has 0 saturated heterocycles. The van der Waals surface area contributed by atoms with Crippen molar-refractivity contribution in [1.82, 2.24) is 14.8 Å². The molecular weight excluding hydrogens is 460 g/mol. The molecule has 3 heterocycles. The Kier molecular flexibility index (Phi) is 6.37. The van der Waals surface area contributed by atoms with Gasteiger partial charge in [0.15, 0.2) is 11.5 Å². The molecule has 35 heavy (non-hydrogen) atoms. The summed E-state index contributed by atoms with van der Waals surface area (Å²) in [6, 6.07) is 19.5. The second kappa shape index (κ2) is 9.76. The van der Waals surface area contributed by atoms with Crippen LogP contribution in [0.1, 0.15) is 36.9 Å². The minimum Gasteiger partial charge on any atom is -0.493 e. The van der Waals surface area contributed by atoms with Gasteiger partial charge in [-0.05, 0) is 41.8 Å². The fourth-order valence-corrected chi connectivity index (χ4v) is 5.01. The Balaban J connectivity index is 1.59. The number of hydrogen-bond acceptors (Lipinski definition) is 6. The quantitative estimate of drug-likeness (QED) is 0.336. The number of para-hydroxylation sites is 1. The Morgan fingerprint density at radius 1 is 1.06 bits per heavy atom. The standard InChI is InChI=1S/C27H26N4O3S/c1-4-26(32)31-22(16-21(28-31)18-12-13-23(33-2)24(15-18)34-3)20-17-30(19-9-6-5-7-10-19)29-27(20)25-11-8-14-35-25/h5-15,17,22H,4,16H2,1-3H3/t22-/m0/s1. The average Bonchev–Trinajstić information content (AvgIpc) is 3.67. The number of hydrogen-bond donors (Lipinski definition) is 0. The lowest BCUT2D eigenvalue weighted by molar-refractivity contribution is -0.132. The zero-order valence-electron chi connectivity index (χ0n) is 19.8. The van der Waals surface area contributed by atoms with Gasteiger partial charge in [-0.1, -0.05) is 31.2 Å². The van der Waals surface area contributed by atoms with Gasteiger partial charge in [0.25, 0.3) is 0 Å². The van der Waals surface area contributed by atoms with Crippen LogP contribution in [0, 0.1) is 0 Å². The summed E-state index contributed by atoms with van der Waals surface area (Å²) in [4.78, 5) is 14.1. The van der Waals surface area contributed by atoms with Crippen LogP contribution in [0.25, 0.3) is 16.3 Å². The van der Waals surface area contributed by atoms with Gasteiger partial charge >= 0.3 is 0 Å². The van der Waals surface area contributed by atoms with E-state index in [4.69, 9.17) is 19.7 Å². The van der Waals surface area contributed by atoms with Crippen LogP contribution in [0.4, 0.5) is 0 Å². The van der Waals surface area contributed by atoms with E-state index in [2.05, 4.69) is 6.07 Å². The third-order valence-electron chi connectivity index (χ3n) is 6.06. The summed E-state index contributed by atoms with van der Waals surface area (Å²) >= 11 is 1.63. The zero-order valence-corrected chi connectivity index (χ0v) is 20.7. The Hall–Kier alpha value is -3.91. The minimum atomic E-state index is -0.264. The summed E-state index contributed by atoms with van der Waals surface area (Å²) in [5.41, 5.74) is 4.52. The number of rotatable bonds is 7. The number of carbonyl (C=O) groups is 1. The van der Waals surface area contributed by atoms with E-state index >= 15 is 0 Å². The lowest BCUT2D eigenvalue weighted by Gasteiger charge is -2.21. The van der Waals surface area contributed by atoms with Crippen LogP contribution in [0.15, 0.2) is 77.3 Å². The molecule has 7 nitrogen and oxygen atoms in total. The van der Waals surface area contributed by atoms with Crippen molar-refractivity contribution < 1.29 is 14.3 Å². The molecule has 0 bridgehead atoms. The third kappa shape index (κ3) is 4.33. The third-order valence-corrected chi connectivity index (χ3v) is 6.94. The first-order valence-electron chi connectivity index (χ1n) is 11.4. The summed E-state index contributed by atoms with van der Waals surface area (Å²) in [7, 11) is 3.22. The maximum Gasteiger partial charge on any atom is 0.242 e. The summed E-state index contributed by atoms with van der Waals surface area (Å²) < 4.78 is 12.8. The van der Waals surface area contributed by atoms with Crippen LogP contribution in [-0.2, 0) is 4.79 Å². The molecule has 0 aliphatic carbocycles. The topological polar surface area (TPSA) is 69.0 Å². The van der Waals surface area contributed by atoms with E-state index in [0.717, 1.165) is 33.1 Å². The molecule has 0 N–H and O–H groups in total. The van der Waals surface area contributed by atoms with Gasteiger partial charge in [-0.15, -0.1) is 11.3 Å². The summed E-state index contributed by atoms with van der Waals surface area (Å²) in [6.45, 7) is 1.86. The Bertz CT molecular complexity index is 1360. The number of thiophene rings is 1. The molecule has 0 unspecified atom stereocenters. The SMILES string of the molecule is CCC(=O)N1N=C(c2ccc(OC)c(OC)c2)C[C@H]1c1cn(-c2ccccc2)nc1-c1cccs1. The van der Waals surface area contributed by atoms with Gasteiger partial charge in [0.05, 0.1) is 36.5 Å². The molecule has 1 aliphatic heterocycles. The number of aromatic nitrogens is 2. The van der Waals surface area contributed by atoms with Crippen LogP contribution in [-0.4, -0.2) is 40.6 Å². The van der Waals surface area contributed by atoms with E-state index in [1.165, 1.54) is 0 Å². The van der Waals surface area contributed by atoms with Crippen molar-refractivity contribution in [3.63, 3.8) is 0 Å². The van der Waals surface area contributed by atoms with Crippen molar-refractivity contribution in [2.75, 3.05) is 14.2 Å². The van der Waals surface area contributed by atoms with Crippen LogP contribution in [0.5, 0.6) is 11.5 Å². The van der Waals surface area contributed by atoms with Crippen molar-refractivity contribution in [3.8, 4) is 27.8 Å². The smallest absolute Gasteiger partial charge is 0.242 e. The van der Waals surface area contributed by atoms with Crippen molar-refractivity contribution in [2.45, 2.75) is 25.8 Å². The van der Waals surface area contributed by atoms with Crippen LogP contribution in [0.3, 0.4) is 0 Å². The highest BCUT2D eigenvalue weighted by atomic mass is 32.1. The minimum absolute atomic E-state index is 0.0323. The average molecular weight is 487 g/mol. The molecule has 2 aromatic heterocycles. The van der Waals surface area contributed by atoms with Crippen LogP contribution in [0.2, 0.25) is 0 Å². The first-order valence-corrected chi connectivity index (χ1v) is 12.3. The van der Waals surface area contributed by atoms with E-state index in [1.54, 1.807) is 30.6 Å². The number of nitrogens with zero attached hydrogens (tertiary/aromatic N) is 4. The van der Waals surface area contributed by atoms with Gasteiger partial charge in [-0.3, -0.25) is 4.79 Å². The van der Waals surface area contributed by atoms with Crippen molar-refractivity contribution >= 4 is 23.0 Å². The Morgan fingerprint density at radius 2 is 1.86 bits per heavy atom. The summed E-state index contributed by atoms with van der Waals surface area (Å²) in [5, 5.41) is 13.4. The van der Waals surface area contributed by atoms with Gasteiger partial charge in [-0.25, -0.2) is 9.69 Å². The molecule has 1 amide bonds. The Morgan fingerprint density at radius 3 is 2.54 bits per heavy atom. The van der Waals surface area contributed by atoms with Gasteiger partial charge < -0.3 is 9.47 Å². The second-order valence-electron chi connectivity index (χ2n) is 8.12. The number of hydrazone groups is 1. The highest BCUT2D eigenvalue weighted by molar-refractivity contribution is 7.13. The molecule has 1 atom stereocenters. The number of benzene rings is 2. The van der Waals surface area contributed by atoms with Gasteiger partial charge in [0.2, 0.25) is 5.91 Å². The zero-order chi connectivity index (χ0) is 24.4. The highest BCUT2D eigenvalue weighted by Gasteiger charge is 2.36. The molecule has 178 valence electrons. The first kappa shape index (κ1) is 22.9. The van der Waals surface area contributed by atoms with Crippen LogP contribution >= 0.6 is 11.3 Å². The normalized spacial score (nSPS) is 15.2. The van der Waals surface area contributed by atoms with Crippen molar-refractivity contribution in [2.24, 2.45) is 5.10 Å². The number of methoxy groups -OCH3 is 2. The lowest BCUT2D eigenvalue weighted by Crippen LogP contribution is -2.26. The molecular formula is C27H26N4O3S. The van der Waals surface area contributed by atoms with Crippen LogP contribution < -0.4 is 9.47 Å². The predicted octanol–water partition coefficient (Wildman–Crippen LogP) is 5.71. The molecule has 0 spiro atoms. The lowest BCUT2D eigenvalue weighted by atomic mass is 9.98. The molecule has 8 heteroatoms. The fraction of sp³-hybridized carbons (Fsp3) is 0.222. The molecule has 5 rings (SSSR count). The van der Waals surface area contributed by atoms with E-state index in [-0.39, 0.29) is 11.9 Å². The van der Waals surface area contributed by atoms with E-state index < -0.39 is 0 Å². The molecule has 2 aromatic carbocycles. The van der Waals surface area contributed by atoms with E-state index in [1.807, 2.05) is 77.8 Å². The summed E-state index contributed by atoms with van der Waals surface area (Å²) in [6.07, 6.45) is 2.96. The van der Waals surface area contributed by atoms with Crippen molar-refractivity contribution in [3.05, 3.63) is 83.4 Å². The maximum absolute atomic E-state index is 13.0. The molecule has 0 radical (unpaired) electrons. The Labute approximate surface area is 208 Å². The number of ether oxygens (including phenoxy) is 2. The van der Waals surface area contributed by atoms with E-state index in [9.17, 15) is 4.79 Å². The molecule has 0 fully saturated rings. The van der Waals surface area contributed by atoms with Gasteiger partial charge in [0.1, 0.15) is 5.69 Å². The summed E-state index contributed by atoms with van der Waals surface area (Å²) in [5.74, 6) is 1.24. The largest absolute Gasteiger partial charge is 0.493 e. The maximum atomic E-state index is 13.0. The molecule has 0 saturated carbocycles. The predicted molar refractivity (Wildman–Crippen MR) is 137 cm³/mol. The second-order valence-corrected chi connectivity index (χ2v) is 9.07.